The Morgan fingerprint density at radius 2 is 0.711 bits per heavy atom. The monoisotopic (exact) mass is 972 g/mol. The molecule has 76 heavy (non-hydrogen) atoms. The first kappa shape index (κ1) is 43.3. The third kappa shape index (κ3) is 7.42. The third-order valence-electron chi connectivity index (χ3n) is 14.6. The number of fused-ring (bicyclic) bond motifs is 4. The molecule has 0 saturated heterocycles. The summed E-state index contributed by atoms with van der Waals surface area (Å²) in [6, 6.07) is 87.0. The molecular weight excluding hydrogens is 932 g/mol. The van der Waals surface area contributed by atoms with Gasteiger partial charge < -0.3 is 9.64 Å². The summed E-state index contributed by atoms with van der Waals surface area (Å²) >= 11 is 0. The van der Waals surface area contributed by atoms with Crippen molar-refractivity contribution in [1.29, 1.82) is 0 Å². The Morgan fingerprint density at radius 3 is 1.28 bits per heavy atom. The lowest BCUT2D eigenvalue weighted by molar-refractivity contribution is 0.487. The first-order valence-electron chi connectivity index (χ1n) is 25.4. The van der Waals surface area contributed by atoms with E-state index in [4.69, 9.17) is 34.7 Å². The number of anilines is 3. The highest BCUT2D eigenvalue weighted by molar-refractivity contribution is 6.99. The second-order valence-electron chi connectivity index (χ2n) is 19.1. The smallest absolute Gasteiger partial charge is 0.256 e. The largest absolute Gasteiger partial charge is 0.458 e. The number of hydrogen-bond donors (Lipinski definition) is 0. The molecular formula is C66H41BN8O. The van der Waals surface area contributed by atoms with Crippen LogP contribution in [0.15, 0.2) is 279 Å². The lowest BCUT2D eigenvalue weighted by Crippen LogP contribution is -2.59. The highest BCUT2D eigenvalue weighted by Crippen LogP contribution is 2.45. The van der Waals surface area contributed by atoms with Gasteiger partial charge in [0.05, 0.1) is 0 Å². The second-order valence-corrected chi connectivity index (χ2v) is 19.1. The Bertz CT molecular complexity index is 4140. The van der Waals surface area contributed by atoms with Crippen LogP contribution >= 0.6 is 0 Å². The van der Waals surface area contributed by atoms with Gasteiger partial charge >= 0.3 is 0 Å². The maximum absolute atomic E-state index is 7.22. The van der Waals surface area contributed by atoms with Crippen LogP contribution in [0.4, 0.5) is 17.1 Å². The maximum Gasteiger partial charge on any atom is 0.256 e. The van der Waals surface area contributed by atoms with Crippen molar-refractivity contribution in [2.75, 3.05) is 4.90 Å². The molecule has 5 heterocycles. The van der Waals surface area contributed by atoms with E-state index in [0.717, 1.165) is 101 Å². The van der Waals surface area contributed by atoms with Crippen LogP contribution in [-0.2, 0) is 0 Å². The molecule has 0 aromatic heterocycles. The summed E-state index contributed by atoms with van der Waals surface area (Å²) in [6.45, 7) is -0.245. The second kappa shape index (κ2) is 17.7. The summed E-state index contributed by atoms with van der Waals surface area (Å²) in [5, 5.41) is 0. The van der Waals surface area contributed by atoms with Crippen LogP contribution in [0.2, 0.25) is 0 Å². The molecule has 0 atom stereocenters. The lowest BCUT2D eigenvalue weighted by atomic mass is 9.34. The number of aliphatic imine (C=N–C) groups is 6. The molecule has 10 aromatic rings. The van der Waals surface area contributed by atoms with E-state index in [0.29, 0.717) is 35.4 Å². The minimum Gasteiger partial charge on any atom is -0.458 e. The fourth-order valence-corrected chi connectivity index (χ4v) is 10.9. The molecule has 9 nitrogen and oxygen atoms in total. The summed E-state index contributed by atoms with van der Waals surface area (Å²) in [7, 11) is 0. The molecule has 0 radical (unpaired) electrons. The van der Waals surface area contributed by atoms with Crippen molar-refractivity contribution in [2.45, 2.75) is 0 Å². The molecule has 15 rings (SSSR count). The molecule has 0 unspecified atom stereocenters. The van der Waals surface area contributed by atoms with Crippen molar-refractivity contribution in [3.63, 3.8) is 0 Å². The molecule has 0 bridgehead atoms. The van der Waals surface area contributed by atoms with Crippen molar-refractivity contribution < 1.29 is 4.74 Å². The minimum atomic E-state index is -0.245. The number of nitrogens with zero attached hydrogens (tertiary/aromatic N) is 8. The van der Waals surface area contributed by atoms with Crippen LogP contribution < -0.4 is 26.0 Å². The first-order chi connectivity index (χ1) is 37.6. The average Bonchev–Trinajstić information content (AvgIpc) is 3.64. The van der Waals surface area contributed by atoms with Crippen LogP contribution in [0, 0.1) is 0 Å². The van der Waals surface area contributed by atoms with Crippen LogP contribution in [-0.4, -0.2) is 47.0 Å². The number of hydrogen-bond acceptors (Lipinski definition) is 9. The van der Waals surface area contributed by atoms with Crippen molar-refractivity contribution >= 4 is 75.5 Å². The molecule has 0 aliphatic carbocycles. The Morgan fingerprint density at radius 1 is 0.276 bits per heavy atom. The summed E-state index contributed by atoms with van der Waals surface area (Å²) in [5.41, 5.74) is 17.9. The predicted molar refractivity (Wildman–Crippen MR) is 311 cm³/mol. The van der Waals surface area contributed by atoms with Crippen molar-refractivity contribution in [1.82, 2.24) is 4.90 Å². The highest BCUT2D eigenvalue weighted by atomic mass is 16.5. The van der Waals surface area contributed by atoms with Gasteiger partial charge in [-0.15, -0.1) is 0 Å². The molecule has 0 spiro atoms. The molecule has 10 aromatic carbocycles. The van der Waals surface area contributed by atoms with Gasteiger partial charge in [-0.2, -0.15) is 30.0 Å². The predicted octanol–water partition coefficient (Wildman–Crippen LogP) is 12.8. The van der Waals surface area contributed by atoms with E-state index in [2.05, 4.69) is 187 Å². The first-order valence-corrected chi connectivity index (χ1v) is 25.4. The topological polar surface area (TPSA) is 89.9 Å². The number of ether oxygens (including phenoxy) is 1. The molecule has 5 aliphatic rings. The van der Waals surface area contributed by atoms with Crippen molar-refractivity contribution in [2.24, 2.45) is 30.0 Å². The molecule has 0 N–H and O–H groups in total. The van der Waals surface area contributed by atoms with Gasteiger partial charge in [0.15, 0.2) is 17.5 Å². The zero-order chi connectivity index (χ0) is 50.1. The van der Waals surface area contributed by atoms with E-state index in [1.807, 2.05) is 66.7 Å². The van der Waals surface area contributed by atoms with E-state index >= 15 is 0 Å². The number of amidine groups is 3. The summed E-state index contributed by atoms with van der Waals surface area (Å²) < 4.78 is 7.22. The molecule has 10 heteroatoms. The van der Waals surface area contributed by atoms with Crippen molar-refractivity contribution in [3.05, 3.63) is 265 Å². The number of benzene rings is 10. The third-order valence-corrected chi connectivity index (χ3v) is 14.6. The van der Waals surface area contributed by atoms with E-state index < -0.39 is 0 Å². The quantitative estimate of drug-likeness (QED) is 0.142. The maximum atomic E-state index is 7.22. The highest BCUT2D eigenvalue weighted by Gasteiger charge is 2.43. The number of guanidine groups is 3. The molecule has 0 amide bonds. The van der Waals surface area contributed by atoms with Crippen LogP contribution in [0.25, 0.3) is 44.5 Å². The number of rotatable bonds is 8. The Balaban J connectivity index is 0.927. The fourth-order valence-electron chi connectivity index (χ4n) is 10.9. The summed E-state index contributed by atoms with van der Waals surface area (Å²) in [4.78, 5) is 34.4. The Kier molecular flexibility index (Phi) is 10.1. The van der Waals surface area contributed by atoms with E-state index in [1.54, 1.807) is 4.90 Å². The van der Waals surface area contributed by atoms with Gasteiger partial charge in [-0.1, -0.05) is 200 Å². The van der Waals surface area contributed by atoms with Gasteiger partial charge in [-0.25, -0.2) is 4.90 Å². The van der Waals surface area contributed by atoms with Gasteiger partial charge in [0.1, 0.15) is 11.5 Å². The van der Waals surface area contributed by atoms with Crippen molar-refractivity contribution in [3.8, 4) is 56.0 Å². The normalized spacial score (nSPS) is 14.6. The molecule has 354 valence electrons. The van der Waals surface area contributed by atoms with Gasteiger partial charge in [-0.05, 0) is 109 Å². The van der Waals surface area contributed by atoms with Gasteiger partial charge in [0, 0.05) is 33.8 Å². The average molecular weight is 973 g/mol. The lowest BCUT2D eigenvalue weighted by Gasteiger charge is -2.40. The van der Waals surface area contributed by atoms with E-state index in [1.165, 1.54) is 5.56 Å². The summed E-state index contributed by atoms with van der Waals surface area (Å²) in [5.74, 6) is 4.22. The molecule has 0 saturated carbocycles. The van der Waals surface area contributed by atoms with Gasteiger partial charge in [-0.3, -0.25) is 0 Å². The standard InChI is InChI=1S/C66H41BN8O/c1-6-17-42(18-7-1)45-29-33-53(34-30-45)74-56-35-31-50(44-21-10-3-11-22-44)38-54(56)67-55-39-51(32-36-58(55)76-59-41-52(40-57(74)60(59)67)49-28-16-27-48(37-49)43-19-8-2-9-20-43)63-72-65-70-61(46-23-12-4-13-24-46)68-64-69-62(47-25-14-5-15-26-47)71-66(73-63)75(64)65/h1-41H. The SMILES string of the molecule is c1ccc(C2=NC3=NC(c4ccccc4)=NC4=NC(c5ccc6c(c5)B5c7cc(-c8ccccc8)ccc7N(c7ccc(-c8ccccc8)cc7)c7cc(-c8cccc(-c9ccccc9)c8)cc(c75)O6)=NC(=N2)N34)cc1. The zero-order valence-electron chi connectivity index (χ0n) is 40.7. The van der Waals surface area contributed by atoms with E-state index in [9.17, 15) is 0 Å². The Labute approximate surface area is 439 Å². The van der Waals surface area contributed by atoms with Crippen LogP contribution in [0.3, 0.4) is 0 Å². The van der Waals surface area contributed by atoms with Crippen LogP contribution in [0.5, 0.6) is 11.5 Å². The van der Waals surface area contributed by atoms with Crippen LogP contribution in [0.1, 0.15) is 16.7 Å². The van der Waals surface area contributed by atoms with Gasteiger partial charge in [0.2, 0.25) is 17.9 Å². The zero-order valence-corrected chi connectivity index (χ0v) is 40.7. The van der Waals surface area contributed by atoms with Gasteiger partial charge in [0.25, 0.3) is 6.71 Å². The summed E-state index contributed by atoms with van der Waals surface area (Å²) in [6.07, 6.45) is 0. The molecule has 0 fully saturated rings. The van der Waals surface area contributed by atoms with E-state index in [-0.39, 0.29) is 6.71 Å². The Hall–Kier alpha value is -10.3. The fraction of sp³-hybridized carbons (Fsp3) is 0. The minimum absolute atomic E-state index is 0.245. The molecule has 5 aliphatic heterocycles.